The van der Waals surface area contributed by atoms with Gasteiger partial charge in [0.25, 0.3) is 5.91 Å². The molecule has 1 spiro atoms. The number of hydrogen-bond donors (Lipinski definition) is 1. The molecule has 0 radical (unpaired) electrons. The fraction of sp³-hybridized carbons (Fsp3) is 0.400. The normalized spacial score (nSPS) is 17.0. The number of anilines is 1. The van der Waals surface area contributed by atoms with Crippen molar-refractivity contribution >= 4 is 35.3 Å². The van der Waals surface area contributed by atoms with E-state index in [1.54, 1.807) is 23.9 Å². The number of ether oxygens (including phenoxy) is 1. The Balaban J connectivity index is 1.66. The molecule has 1 aromatic heterocycles. The van der Waals surface area contributed by atoms with Crippen LogP contribution in [0.15, 0.2) is 66.1 Å². The Hall–Kier alpha value is -4.03. The number of piperidine rings is 1. The summed E-state index contributed by atoms with van der Waals surface area (Å²) < 4.78 is 32.7. The Morgan fingerprint density at radius 3 is 2.56 bits per heavy atom. The predicted molar refractivity (Wildman–Crippen MR) is 163 cm³/mol. The zero-order chi connectivity index (χ0) is 31.3. The number of alkyl halides is 2. The highest BCUT2D eigenvalue weighted by molar-refractivity contribution is 6.31. The second-order valence-corrected chi connectivity index (χ2v) is 11.4. The second-order valence-electron chi connectivity index (χ2n) is 11.0. The first-order chi connectivity index (χ1) is 20.4. The van der Waals surface area contributed by atoms with E-state index in [1.165, 1.54) is 47.4 Å². The van der Waals surface area contributed by atoms with E-state index in [9.17, 15) is 18.4 Å². The molecule has 2 fully saturated rings. The molecule has 0 aliphatic carbocycles. The maximum atomic E-state index is 13.5. The monoisotopic (exact) mass is 615 g/mol. The number of carbonyl (C=O) groups is 2. The maximum absolute atomic E-state index is 13.5. The van der Waals surface area contributed by atoms with Crippen LogP contribution < -0.4 is 10.1 Å². The summed E-state index contributed by atoms with van der Waals surface area (Å²) in [7, 11) is 5.53. The largest absolute Gasteiger partial charge is 0.434 e. The van der Waals surface area contributed by atoms with Gasteiger partial charge in [-0.25, -0.2) is 4.99 Å². The van der Waals surface area contributed by atoms with Gasteiger partial charge in [0, 0.05) is 55.6 Å². The number of nitrogens with zero attached hydrogens (tertiary/aromatic N) is 6. The summed E-state index contributed by atoms with van der Waals surface area (Å²) >= 11 is 6.22. The van der Waals surface area contributed by atoms with Gasteiger partial charge in [0.2, 0.25) is 5.91 Å². The highest BCUT2D eigenvalue weighted by atomic mass is 35.5. The highest BCUT2D eigenvalue weighted by Crippen LogP contribution is 2.41. The average molecular weight is 616 g/mol. The summed E-state index contributed by atoms with van der Waals surface area (Å²) in [5.41, 5.74) is 0.658. The van der Waals surface area contributed by atoms with Crippen molar-refractivity contribution < 1.29 is 23.1 Å². The topological polar surface area (TPSA) is 95.3 Å². The number of nitrogens with one attached hydrogen (secondary N) is 1. The molecule has 1 aromatic carbocycles. The van der Waals surface area contributed by atoms with Crippen LogP contribution in [-0.4, -0.2) is 96.4 Å². The lowest BCUT2D eigenvalue weighted by atomic mass is 9.72. The van der Waals surface area contributed by atoms with Gasteiger partial charge in [0.1, 0.15) is 23.8 Å². The summed E-state index contributed by atoms with van der Waals surface area (Å²) in [5, 5.41) is 7.54. The number of aromatic nitrogens is 2. The van der Waals surface area contributed by atoms with E-state index >= 15 is 0 Å². The molecular weight excluding hydrogens is 580 g/mol. The Kier molecular flexibility index (Phi) is 10.0. The van der Waals surface area contributed by atoms with E-state index in [0.29, 0.717) is 18.9 Å². The van der Waals surface area contributed by atoms with Gasteiger partial charge >= 0.3 is 6.61 Å². The van der Waals surface area contributed by atoms with Crippen LogP contribution in [0, 0.1) is 5.41 Å². The predicted octanol–water partition coefficient (Wildman–Crippen LogP) is 4.51. The Labute approximate surface area is 254 Å². The van der Waals surface area contributed by atoms with Crippen molar-refractivity contribution in [3.8, 4) is 17.0 Å². The molecular formula is C30H36ClF2N7O3. The second kappa shape index (κ2) is 13.5. The number of aliphatic imine (C=N–C) groups is 1. The first-order valence-corrected chi connectivity index (χ1v) is 14.1. The average Bonchev–Trinajstić information content (AvgIpc) is 3.32. The molecule has 0 bridgehead atoms. The fourth-order valence-corrected chi connectivity index (χ4v) is 5.46. The van der Waals surface area contributed by atoms with Gasteiger partial charge in [-0.3, -0.25) is 14.3 Å². The quantitative estimate of drug-likeness (QED) is 0.227. The zero-order valence-electron chi connectivity index (χ0n) is 24.5. The number of rotatable bonds is 11. The van der Waals surface area contributed by atoms with Gasteiger partial charge in [-0.05, 0) is 51.2 Å². The first kappa shape index (κ1) is 31.9. The molecule has 2 aromatic rings. The first-order valence-electron chi connectivity index (χ1n) is 13.7. The lowest BCUT2D eigenvalue weighted by molar-refractivity contribution is -0.147. The van der Waals surface area contributed by atoms with Gasteiger partial charge in [0.15, 0.2) is 0 Å². The van der Waals surface area contributed by atoms with Crippen molar-refractivity contribution in [2.45, 2.75) is 26.0 Å². The maximum Gasteiger partial charge on any atom is 0.387 e. The summed E-state index contributed by atoms with van der Waals surface area (Å²) in [5.74, 6) is -0.603. The number of allylic oxidation sites excluding steroid dienone is 1. The number of hydrogen-bond acceptors (Lipinski definition) is 7. The molecule has 43 heavy (non-hydrogen) atoms. The van der Waals surface area contributed by atoms with E-state index < -0.39 is 12.5 Å². The zero-order valence-corrected chi connectivity index (χ0v) is 25.3. The van der Waals surface area contributed by atoms with Crippen molar-refractivity contribution in [2.75, 3.05) is 52.6 Å². The van der Waals surface area contributed by atoms with Crippen molar-refractivity contribution in [3.05, 3.63) is 66.1 Å². The summed E-state index contributed by atoms with van der Waals surface area (Å²) in [6.07, 6.45) is 7.83. The number of amides is 2. The van der Waals surface area contributed by atoms with E-state index in [0.717, 1.165) is 25.9 Å². The molecule has 10 nitrogen and oxygen atoms in total. The van der Waals surface area contributed by atoms with Gasteiger partial charge in [-0.15, -0.1) is 0 Å². The SMILES string of the molecule is C=C/C=N\C(=C(\C=C)C(=O)Nc1cn(CC(=O)N2CC3(CCN(C)CC3)C2)nc1-c1cc(Cl)ccc1OC(F)F)N(C)C. The smallest absolute Gasteiger partial charge is 0.387 e. The Morgan fingerprint density at radius 2 is 1.95 bits per heavy atom. The summed E-state index contributed by atoms with van der Waals surface area (Å²) in [6, 6.07) is 4.11. The van der Waals surface area contributed by atoms with Crippen molar-refractivity contribution in [3.63, 3.8) is 0 Å². The van der Waals surface area contributed by atoms with Crippen molar-refractivity contribution in [1.29, 1.82) is 0 Å². The minimum Gasteiger partial charge on any atom is -0.434 e. The van der Waals surface area contributed by atoms with Crippen LogP contribution >= 0.6 is 11.6 Å². The Morgan fingerprint density at radius 1 is 1.26 bits per heavy atom. The molecule has 3 heterocycles. The molecule has 13 heteroatoms. The van der Waals surface area contributed by atoms with E-state index in [2.05, 4.69) is 40.5 Å². The van der Waals surface area contributed by atoms with Crippen LogP contribution in [0.2, 0.25) is 5.02 Å². The van der Waals surface area contributed by atoms with Crippen LogP contribution in [0.1, 0.15) is 12.8 Å². The van der Waals surface area contributed by atoms with Crippen molar-refractivity contribution in [2.24, 2.45) is 10.4 Å². The Bertz CT molecular complexity index is 1440. The lowest BCUT2D eigenvalue weighted by Crippen LogP contribution is -2.62. The van der Waals surface area contributed by atoms with Crippen molar-refractivity contribution in [1.82, 2.24) is 24.5 Å². The van der Waals surface area contributed by atoms with Gasteiger partial charge in [-0.2, -0.15) is 13.9 Å². The molecule has 2 aliphatic heterocycles. The molecule has 230 valence electrons. The van der Waals surface area contributed by atoms with Crippen LogP contribution in [0.4, 0.5) is 14.5 Å². The number of carbonyl (C=O) groups excluding carboxylic acids is 2. The van der Waals surface area contributed by atoms with Gasteiger partial charge in [0.05, 0.1) is 11.3 Å². The minimum atomic E-state index is -3.11. The molecule has 4 rings (SSSR count). The fourth-order valence-electron chi connectivity index (χ4n) is 5.29. The minimum absolute atomic E-state index is 0.0964. The highest BCUT2D eigenvalue weighted by Gasteiger charge is 2.46. The molecule has 2 amide bonds. The van der Waals surface area contributed by atoms with Crippen LogP contribution in [-0.2, 0) is 16.1 Å². The summed E-state index contributed by atoms with van der Waals surface area (Å²) in [6.45, 7) is 7.53. The van der Waals surface area contributed by atoms with E-state index in [-0.39, 0.29) is 51.2 Å². The molecule has 1 N–H and O–H groups in total. The number of benzene rings is 1. The molecule has 0 atom stereocenters. The molecule has 2 saturated heterocycles. The molecule has 0 unspecified atom stereocenters. The van der Waals surface area contributed by atoms with Crippen LogP contribution in [0.3, 0.4) is 0 Å². The van der Waals surface area contributed by atoms with Gasteiger partial charge < -0.3 is 24.8 Å². The lowest BCUT2D eigenvalue weighted by Gasteiger charge is -2.53. The third-order valence-electron chi connectivity index (χ3n) is 7.59. The third kappa shape index (κ3) is 7.49. The summed E-state index contributed by atoms with van der Waals surface area (Å²) in [4.78, 5) is 36.7. The van der Waals surface area contributed by atoms with E-state index in [1.807, 2.05) is 0 Å². The molecule has 0 saturated carbocycles. The number of halogens is 3. The van der Waals surface area contributed by atoms with Crippen LogP contribution in [0.5, 0.6) is 5.75 Å². The third-order valence-corrected chi connectivity index (χ3v) is 7.82. The number of likely N-dealkylation sites (tertiary alicyclic amines) is 2. The van der Waals surface area contributed by atoms with E-state index in [4.69, 9.17) is 16.3 Å². The standard InChI is InChI=1S/C30H36ClF2N7O3/c1-6-12-34-27(37(3)4)21(7-2)28(42)35-23-16-40(17-25(41)39-18-30(19-39)10-13-38(5)14-11-30)36-26(23)22-15-20(31)8-9-24(22)43-29(32)33/h6-9,12,15-16,29H,1-2,10-11,13-14,17-19H2,3-5H3,(H,35,42)/b27-21+,34-12-. The van der Waals surface area contributed by atoms with Crippen LogP contribution in [0.25, 0.3) is 11.3 Å². The van der Waals surface area contributed by atoms with Gasteiger partial charge in [-0.1, -0.05) is 36.9 Å². The molecule has 2 aliphatic rings.